The lowest BCUT2D eigenvalue weighted by atomic mass is 9.96. The third-order valence-electron chi connectivity index (χ3n) is 5.64. The van der Waals surface area contributed by atoms with E-state index in [4.69, 9.17) is 29.5 Å². The van der Waals surface area contributed by atoms with Gasteiger partial charge in [-0.15, -0.1) is 0 Å². The Balaban J connectivity index is 1.37. The first kappa shape index (κ1) is 22.5. The molecule has 0 unspecified atom stereocenters. The Hall–Kier alpha value is -3.95. The fraction of sp³-hybridized carbons (Fsp3) is 0.0769. The van der Waals surface area contributed by atoms with E-state index in [0.717, 1.165) is 32.3 Å². The molecule has 0 spiro atoms. The minimum absolute atomic E-state index is 0.305. The lowest BCUT2D eigenvalue weighted by molar-refractivity contribution is 0.417. The number of benzene rings is 2. The van der Waals surface area contributed by atoms with Crippen LogP contribution in [0.5, 0.6) is 0 Å². The van der Waals surface area contributed by atoms with E-state index in [9.17, 15) is 0 Å². The Bertz CT molecular complexity index is 1660. The number of hydrogen-bond donors (Lipinski definition) is 0. The number of rotatable bonds is 6. The number of furan rings is 2. The summed E-state index contributed by atoms with van der Waals surface area (Å²) in [6.45, 7) is 1.99. The zero-order chi connectivity index (χ0) is 24.6. The van der Waals surface area contributed by atoms with Crippen LogP contribution in [-0.4, -0.2) is 20.3 Å². The minimum Gasteiger partial charge on any atom is -0.459 e. The maximum Gasteiger partial charge on any atom is 0.293 e. The van der Waals surface area contributed by atoms with E-state index in [0.29, 0.717) is 46.4 Å². The zero-order valence-corrected chi connectivity index (χ0v) is 21.1. The van der Waals surface area contributed by atoms with Crippen LogP contribution in [0, 0.1) is 6.92 Å². The molecule has 0 aliphatic rings. The first-order chi connectivity index (χ1) is 17.5. The highest BCUT2D eigenvalue weighted by atomic mass is 79.9. The summed E-state index contributed by atoms with van der Waals surface area (Å²) in [5, 5.41) is 8.93. The summed E-state index contributed by atoms with van der Waals surface area (Å²) in [7, 11) is 0. The molecular formula is C26H16BrClN4O4. The lowest BCUT2D eigenvalue weighted by Gasteiger charge is -2.12. The average Bonchev–Trinajstić information content (AvgIpc) is 3.68. The number of halogens is 2. The molecule has 36 heavy (non-hydrogen) atoms. The normalized spacial score (nSPS) is 11.3. The predicted octanol–water partition coefficient (Wildman–Crippen LogP) is 7.62. The van der Waals surface area contributed by atoms with E-state index in [1.165, 1.54) is 0 Å². The van der Waals surface area contributed by atoms with Gasteiger partial charge in [-0.1, -0.05) is 37.8 Å². The summed E-state index contributed by atoms with van der Waals surface area (Å²) < 4.78 is 22.5. The second-order valence-corrected chi connectivity index (χ2v) is 9.33. The highest BCUT2D eigenvalue weighted by Gasteiger charge is 2.19. The molecule has 4 heterocycles. The molecule has 0 radical (unpaired) electrons. The quantitative estimate of drug-likeness (QED) is 0.204. The van der Waals surface area contributed by atoms with E-state index in [-0.39, 0.29) is 0 Å². The van der Waals surface area contributed by atoms with Crippen molar-refractivity contribution >= 4 is 27.5 Å². The van der Waals surface area contributed by atoms with Gasteiger partial charge in [-0.05, 0) is 84.6 Å². The van der Waals surface area contributed by atoms with Gasteiger partial charge in [-0.2, -0.15) is 9.97 Å². The molecule has 178 valence electrons. The number of aromatic nitrogens is 4. The van der Waals surface area contributed by atoms with Crippen LogP contribution in [0.1, 0.15) is 16.7 Å². The van der Waals surface area contributed by atoms with Crippen LogP contribution in [0.4, 0.5) is 0 Å². The second-order valence-electron chi connectivity index (χ2n) is 8.04. The van der Waals surface area contributed by atoms with Gasteiger partial charge in [0.2, 0.25) is 11.6 Å². The van der Waals surface area contributed by atoms with Crippen molar-refractivity contribution in [2.45, 2.75) is 13.3 Å². The van der Waals surface area contributed by atoms with Crippen molar-refractivity contribution in [1.82, 2.24) is 20.3 Å². The first-order valence-corrected chi connectivity index (χ1v) is 12.1. The van der Waals surface area contributed by atoms with Crippen LogP contribution in [0.15, 0.2) is 89.5 Å². The average molecular weight is 564 g/mol. The van der Waals surface area contributed by atoms with Crippen molar-refractivity contribution in [3.8, 4) is 46.1 Å². The van der Waals surface area contributed by atoms with Crippen molar-refractivity contribution in [2.75, 3.05) is 0 Å². The Labute approximate surface area is 218 Å². The summed E-state index contributed by atoms with van der Waals surface area (Å²) >= 11 is 10.1. The van der Waals surface area contributed by atoms with Gasteiger partial charge in [-0.3, -0.25) is 0 Å². The van der Waals surface area contributed by atoms with Gasteiger partial charge >= 0.3 is 0 Å². The molecule has 0 aliphatic heterocycles. The molecule has 0 aliphatic carbocycles. The summed E-state index contributed by atoms with van der Waals surface area (Å²) in [5.74, 6) is 2.56. The zero-order valence-electron chi connectivity index (χ0n) is 18.7. The number of hydrogen-bond acceptors (Lipinski definition) is 8. The largest absolute Gasteiger partial charge is 0.459 e. The minimum atomic E-state index is 0.305. The van der Waals surface area contributed by atoms with Gasteiger partial charge in [0.15, 0.2) is 11.5 Å². The molecular weight excluding hydrogens is 548 g/mol. The summed E-state index contributed by atoms with van der Waals surface area (Å²) in [5.41, 5.74) is 4.56. The third kappa shape index (κ3) is 4.27. The van der Waals surface area contributed by atoms with Crippen molar-refractivity contribution < 1.29 is 17.9 Å². The van der Waals surface area contributed by atoms with Crippen LogP contribution in [0.25, 0.3) is 46.1 Å². The topological polar surface area (TPSA) is 104 Å². The first-order valence-electron chi connectivity index (χ1n) is 10.9. The lowest BCUT2D eigenvalue weighted by Crippen LogP contribution is -1.97. The third-order valence-corrected chi connectivity index (χ3v) is 6.61. The standard InChI is InChI=1S/C26H16BrClN4O4/c1-14-10-20(27)16(13-19(14)24-30-26(36-32-24)22-5-3-9-34-22)11-15-12-17(28)6-7-18(15)23-29-25(35-31-23)21-4-2-8-33-21/h2-10,12-13H,11H2,1H3. The van der Waals surface area contributed by atoms with Crippen LogP contribution >= 0.6 is 27.5 Å². The van der Waals surface area contributed by atoms with Crippen LogP contribution in [-0.2, 0) is 6.42 Å². The Kier molecular flexibility index (Phi) is 5.79. The fourth-order valence-electron chi connectivity index (χ4n) is 3.89. The molecule has 0 fully saturated rings. The Morgan fingerprint density at radius 3 is 2.03 bits per heavy atom. The van der Waals surface area contributed by atoms with E-state index in [1.54, 1.807) is 42.9 Å². The molecule has 0 amide bonds. The molecule has 0 N–H and O–H groups in total. The molecule has 4 aromatic heterocycles. The fourth-order valence-corrected chi connectivity index (χ4v) is 4.68. The monoisotopic (exact) mass is 562 g/mol. The van der Waals surface area contributed by atoms with Gasteiger partial charge < -0.3 is 17.9 Å². The van der Waals surface area contributed by atoms with E-state index in [2.05, 4.69) is 36.2 Å². The molecule has 0 atom stereocenters. The highest BCUT2D eigenvalue weighted by molar-refractivity contribution is 9.10. The SMILES string of the molecule is Cc1cc(Br)c(Cc2cc(Cl)ccc2-c2noc(-c3ccco3)n2)cc1-c1noc(-c2ccco2)n1. The van der Waals surface area contributed by atoms with E-state index < -0.39 is 0 Å². The van der Waals surface area contributed by atoms with Gasteiger partial charge in [0.25, 0.3) is 11.8 Å². The Morgan fingerprint density at radius 2 is 1.42 bits per heavy atom. The molecule has 0 saturated carbocycles. The van der Waals surface area contributed by atoms with Crippen LogP contribution in [0.3, 0.4) is 0 Å². The number of nitrogens with zero attached hydrogens (tertiary/aromatic N) is 4. The molecule has 6 rings (SSSR count). The molecule has 6 aromatic rings. The maximum atomic E-state index is 6.37. The van der Waals surface area contributed by atoms with Crippen LogP contribution in [0.2, 0.25) is 5.02 Å². The molecule has 0 saturated heterocycles. The molecule has 10 heteroatoms. The summed E-state index contributed by atoms with van der Waals surface area (Å²) in [6.07, 6.45) is 3.66. The van der Waals surface area contributed by atoms with Crippen molar-refractivity contribution in [1.29, 1.82) is 0 Å². The molecule has 0 bridgehead atoms. The second kappa shape index (κ2) is 9.25. The van der Waals surface area contributed by atoms with Crippen molar-refractivity contribution in [2.24, 2.45) is 0 Å². The van der Waals surface area contributed by atoms with Crippen molar-refractivity contribution in [3.63, 3.8) is 0 Å². The molecule has 2 aromatic carbocycles. The number of aryl methyl sites for hydroxylation is 1. The van der Waals surface area contributed by atoms with Crippen LogP contribution < -0.4 is 0 Å². The predicted molar refractivity (Wildman–Crippen MR) is 135 cm³/mol. The Morgan fingerprint density at radius 1 is 0.778 bits per heavy atom. The summed E-state index contributed by atoms with van der Waals surface area (Å²) in [6, 6.07) is 16.7. The molecule has 8 nitrogen and oxygen atoms in total. The van der Waals surface area contributed by atoms with Gasteiger partial charge in [-0.25, -0.2) is 0 Å². The van der Waals surface area contributed by atoms with Crippen molar-refractivity contribution in [3.05, 3.63) is 93.3 Å². The van der Waals surface area contributed by atoms with Gasteiger partial charge in [0.1, 0.15) is 0 Å². The van der Waals surface area contributed by atoms with E-state index in [1.807, 2.05) is 31.2 Å². The highest BCUT2D eigenvalue weighted by Crippen LogP contribution is 2.34. The summed E-state index contributed by atoms with van der Waals surface area (Å²) in [4.78, 5) is 9.03. The van der Waals surface area contributed by atoms with Gasteiger partial charge in [0, 0.05) is 20.6 Å². The smallest absolute Gasteiger partial charge is 0.293 e. The van der Waals surface area contributed by atoms with Gasteiger partial charge in [0.05, 0.1) is 12.5 Å². The maximum absolute atomic E-state index is 6.37. The van der Waals surface area contributed by atoms with E-state index >= 15 is 0 Å².